The summed E-state index contributed by atoms with van der Waals surface area (Å²) in [6, 6.07) is 5.22. The molecule has 0 saturated carbocycles. The van der Waals surface area contributed by atoms with Crippen LogP contribution < -0.4 is 14.8 Å². The van der Waals surface area contributed by atoms with Gasteiger partial charge in [-0.1, -0.05) is 13.0 Å². The van der Waals surface area contributed by atoms with Gasteiger partial charge in [-0.15, -0.1) is 0 Å². The smallest absolute Gasteiger partial charge is 0.337 e. The van der Waals surface area contributed by atoms with E-state index >= 15 is 0 Å². The molecule has 2 aliphatic rings. The lowest BCUT2D eigenvalue weighted by molar-refractivity contribution is -0.151. The fourth-order valence-electron chi connectivity index (χ4n) is 4.60. The summed E-state index contributed by atoms with van der Waals surface area (Å²) in [6.45, 7) is 7.15. The van der Waals surface area contributed by atoms with Crippen molar-refractivity contribution in [1.82, 2.24) is 5.32 Å². The normalized spacial score (nSPS) is 22.5. The van der Waals surface area contributed by atoms with Gasteiger partial charge < -0.3 is 24.3 Å². The van der Waals surface area contributed by atoms with Crippen molar-refractivity contribution >= 4 is 17.7 Å². The van der Waals surface area contributed by atoms with Gasteiger partial charge in [0.05, 0.1) is 38.9 Å². The number of ether oxygens (including phenoxy) is 4. The van der Waals surface area contributed by atoms with Crippen LogP contribution in [0.15, 0.2) is 40.7 Å². The van der Waals surface area contributed by atoms with Crippen LogP contribution in [-0.4, -0.2) is 45.2 Å². The first kappa shape index (κ1) is 24.4. The molecule has 0 saturated heterocycles. The van der Waals surface area contributed by atoms with Crippen molar-refractivity contribution in [3.8, 4) is 11.5 Å². The Balaban J connectivity index is 2.25. The minimum Gasteiger partial charge on any atom is -0.497 e. The molecule has 8 heteroatoms. The lowest BCUT2D eigenvalue weighted by atomic mass is 9.69. The second kappa shape index (κ2) is 9.68. The molecule has 8 nitrogen and oxygen atoms in total. The van der Waals surface area contributed by atoms with Crippen LogP contribution in [0.1, 0.15) is 45.6 Å². The maximum absolute atomic E-state index is 13.7. The minimum absolute atomic E-state index is 0.258. The fraction of sp³-hybridized carbons (Fsp3) is 0.480. The van der Waals surface area contributed by atoms with Crippen molar-refractivity contribution in [3.63, 3.8) is 0 Å². The van der Waals surface area contributed by atoms with Gasteiger partial charge in [0.2, 0.25) is 0 Å². The number of benzene rings is 1. The third-order valence-corrected chi connectivity index (χ3v) is 6.06. The highest BCUT2D eigenvalue weighted by Gasteiger charge is 2.48. The molecule has 1 N–H and O–H groups in total. The van der Waals surface area contributed by atoms with Crippen LogP contribution in [0, 0.1) is 11.8 Å². The fourth-order valence-corrected chi connectivity index (χ4v) is 4.60. The number of rotatable bonds is 6. The summed E-state index contributed by atoms with van der Waals surface area (Å²) >= 11 is 0. The van der Waals surface area contributed by atoms with E-state index in [0.717, 1.165) is 0 Å². The van der Waals surface area contributed by atoms with Crippen LogP contribution >= 0.6 is 0 Å². The molecule has 3 atom stereocenters. The van der Waals surface area contributed by atoms with E-state index in [2.05, 4.69) is 5.32 Å². The Bertz CT molecular complexity index is 1040. The summed E-state index contributed by atoms with van der Waals surface area (Å²) in [5.74, 6) is -2.45. The number of Topliss-reactive ketones (excluding diaryl/α,β-unsaturated/α-hetero) is 1. The Hall–Kier alpha value is -3.29. The number of carbonyl (C=O) groups excluding carboxylic acids is 3. The Kier molecular flexibility index (Phi) is 7.15. The molecule has 3 rings (SSSR count). The summed E-state index contributed by atoms with van der Waals surface area (Å²) < 4.78 is 21.4. The van der Waals surface area contributed by atoms with Gasteiger partial charge in [0.25, 0.3) is 0 Å². The first-order valence-corrected chi connectivity index (χ1v) is 10.9. The number of esters is 2. The van der Waals surface area contributed by atoms with Crippen molar-refractivity contribution in [2.45, 2.75) is 46.1 Å². The van der Waals surface area contributed by atoms with E-state index in [4.69, 9.17) is 18.9 Å². The van der Waals surface area contributed by atoms with Gasteiger partial charge >= 0.3 is 11.9 Å². The van der Waals surface area contributed by atoms with Crippen molar-refractivity contribution in [2.75, 3.05) is 21.3 Å². The summed E-state index contributed by atoms with van der Waals surface area (Å²) in [7, 11) is 4.33. The maximum Gasteiger partial charge on any atom is 0.337 e. The lowest BCUT2D eigenvalue weighted by Crippen LogP contribution is -2.43. The molecule has 1 aromatic carbocycles. The molecular formula is C25H31NO7. The number of carbonyl (C=O) groups is 3. The molecule has 33 heavy (non-hydrogen) atoms. The van der Waals surface area contributed by atoms with Gasteiger partial charge in [0.15, 0.2) is 5.78 Å². The van der Waals surface area contributed by atoms with Gasteiger partial charge in [-0.25, -0.2) is 4.79 Å². The molecule has 0 radical (unpaired) electrons. The van der Waals surface area contributed by atoms with Gasteiger partial charge in [0, 0.05) is 28.6 Å². The van der Waals surface area contributed by atoms with Crippen LogP contribution in [0.2, 0.25) is 0 Å². The Morgan fingerprint density at radius 3 is 2.39 bits per heavy atom. The van der Waals surface area contributed by atoms with Gasteiger partial charge in [0.1, 0.15) is 17.4 Å². The highest BCUT2D eigenvalue weighted by molar-refractivity contribution is 6.12. The zero-order valence-corrected chi connectivity index (χ0v) is 20.1. The van der Waals surface area contributed by atoms with Gasteiger partial charge in [-0.3, -0.25) is 9.59 Å². The summed E-state index contributed by atoms with van der Waals surface area (Å²) in [6.07, 6.45) is 0.108. The van der Waals surface area contributed by atoms with Gasteiger partial charge in [-0.05, 0) is 39.2 Å². The highest BCUT2D eigenvalue weighted by atomic mass is 16.5. The standard InChI is InChI=1S/C25H31NO7/c1-12(2)33-25(29)20-14(4)26-17-10-13(3)19(24(28)32-7)23(27)22(17)21(20)16-9-8-15(30-5)11-18(16)31-6/h8-9,11-13,19,21,26H,10H2,1-7H3/t13-,19+,21-/m0/s1. The van der Waals surface area contributed by atoms with Gasteiger partial charge in [-0.2, -0.15) is 0 Å². The van der Waals surface area contributed by atoms with Crippen molar-refractivity contribution in [1.29, 1.82) is 0 Å². The number of allylic oxidation sites excluding steroid dienone is 3. The molecule has 0 fully saturated rings. The average molecular weight is 458 g/mol. The maximum atomic E-state index is 13.7. The zero-order valence-electron chi connectivity index (χ0n) is 20.1. The van der Waals surface area contributed by atoms with E-state index in [9.17, 15) is 14.4 Å². The second-order valence-electron chi connectivity index (χ2n) is 8.60. The monoisotopic (exact) mass is 457 g/mol. The number of dihydropyridines is 1. The molecule has 0 amide bonds. The first-order chi connectivity index (χ1) is 15.6. The highest BCUT2D eigenvalue weighted by Crippen LogP contribution is 2.48. The Labute approximate surface area is 193 Å². The molecular weight excluding hydrogens is 426 g/mol. The number of methoxy groups -OCH3 is 3. The van der Waals surface area contributed by atoms with E-state index in [1.165, 1.54) is 14.2 Å². The predicted octanol–water partition coefficient (Wildman–Crippen LogP) is 3.27. The molecule has 1 aliphatic carbocycles. The summed E-state index contributed by atoms with van der Waals surface area (Å²) in [5.41, 5.74) is 2.55. The molecule has 0 aromatic heterocycles. The predicted molar refractivity (Wildman–Crippen MR) is 121 cm³/mol. The van der Waals surface area contributed by atoms with Crippen LogP contribution in [-0.2, 0) is 23.9 Å². The lowest BCUT2D eigenvalue weighted by Gasteiger charge is -2.38. The SMILES string of the molecule is COC(=O)[C@H]1C(=O)C2=C(C[C@@H]1C)NC(C)=C(C(=O)OC(C)C)[C@@H]2c1ccc(OC)cc1OC. The molecule has 0 spiro atoms. The third-order valence-electron chi connectivity index (χ3n) is 6.06. The Morgan fingerprint density at radius 1 is 1.12 bits per heavy atom. The largest absolute Gasteiger partial charge is 0.497 e. The third kappa shape index (κ3) is 4.47. The van der Waals surface area contributed by atoms with Crippen molar-refractivity contribution in [3.05, 3.63) is 46.3 Å². The zero-order chi connectivity index (χ0) is 24.4. The molecule has 1 aromatic rings. The quantitative estimate of drug-likeness (QED) is 0.513. The van der Waals surface area contributed by atoms with Crippen molar-refractivity contribution < 1.29 is 33.3 Å². The average Bonchev–Trinajstić information content (AvgIpc) is 2.76. The molecule has 178 valence electrons. The minimum atomic E-state index is -0.955. The molecule has 0 bridgehead atoms. The van der Waals surface area contributed by atoms with E-state index in [1.54, 1.807) is 46.1 Å². The van der Waals surface area contributed by atoms with Crippen LogP contribution in [0.4, 0.5) is 0 Å². The second-order valence-corrected chi connectivity index (χ2v) is 8.60. The van der Waals surface area contributed by atoms with Crippen molar-refractivity contribution in [2.24, 2.45) is 11.8 Å². The molecule has 1 heterocycles. The number of hydrogen-bond donors (Lipinski definition) is 1. The molecule has 0 unspecified atom stereocenters. The van der Waals surface area contributed by atoms with E-state index in [1.807, 2.05) is 6.92 Å². The number of nitrogens with one attached hydrogen (secondary N) is 1. The molecule has 1 aliphatic heterocycles. The summed E-state index contributed by atoms with van der Waals surface area (Å²) in [5, 5.41) is 3.24. The first-order valence-electron chi connectivity index (χ1n) is 10.9. The topological polar surface area (TPSA) is 100 Å². The van der Waals surface area contributed by atoms with Crippen LogP contribution in [0.3, 0.4) is 0 Å². The summed E-state index contributed by atoms with van der Waals surface area (Å²) in [4.78, 5) is 39.5. The van der Waals surface area contributed by atoms with E-state index < -0.39 is 23.8 Å². The van der Waals surface area contributed by atoms with E-state index in [0.29, 0.717) is 46.0 Å². The van der Waals surface area contributed by atoms with E-state index in [-0.39, 0.29) is 17.8 Å². The Morgan fingerprint density at radius 2 is 1.82 bits per heavy atom. The van der Waals surface area contributed by atoms with Crippen LogP contribution in [0.5, 0.6) is 11.5 Å². The number of ketones is 1. The number of hydrogen-bond acceptors (Lipinski definition) is 8. The van der Waals surface area contributed by atoms with Crippen LogP contribution in [0.25, 0.3) is 0 Å².